The van der Waals surface area contributed by atoms with E-state index in [1.54, 1.807) is 0 Å². The molecule has 1 aromatic rings. The Balaban J connectivity index is 2.84. The van der Waals surface area contributed by atoms with E-state index in [0.717, 1.165) is 6.54 Å². The van der Waals surface area contributed by atoms with Crippen LogP contribution in [0.15, 0.2) is 15.7 Å². The van der Waals surface area contributed by atoms with Gasteiger partial charge in [0, 0.05) is 19.0 Å². The Morgan fingerprint density at radius 2 is 2.21 bits per heavy atom. The Morgan fingerprint density at radius 1 is 1.43 bits per heavy atom. The number of rotatable bonds is 2. The molecule has 14 heavy (non-hydrogen) atoms. The Labute approximate surface area is 80.5 Å². The predicted molar refractivity (Wildman–Crippen MR) is 53.1 cm³/mol. The van der Waals surface area contributed by atoms with Crippen molar-refractivity contribution >= 4 is 0 Å². The first-order valence-corrected chi connectivity index (χ1v) is 4.19. The van der Waals surface area contributed by atoms with Gasteiger partial charge in [0.25, 0.3) is 11.1 Å². The van der Waals surface area contributed by atoms with Crippen LogP contribution in [0.5, 0.6) is 0 Å². The lowest BCUT2D eigenvalue weighted by Gasteiger charge is -1.88. The molecule has 74 valence electrons. The second-order valence-corrected chi connectivity index (χ2v) is 2.66. The smallest absolute Gasteiger partial charge is 0.278 e. The molecule has 0 aliphatic carbocycles. The number of H-pyrrole nitrogens is 2. The van der Waals surface area contributed by atoms with Gasteiger partial charge in [-0.2, -0.15) is 0 Å². The highest BCUT2D eigenvalue weighted by atomic mass is 16.1. The zero-order valence-electron chi connectivity index (χ0n) is 7.81. The first-order chi connectivity index (χ1) is 6.74. The molecule has 0 aliphatic rings. The third-order valence-corrected chi connectivity index (χ3v) is 1.54. The number of nitrogens with one attached hydrogen (secondary N) is 3. The molecule has 0 unspecified atom stereocenters. The fraction of sp³-hybridized carbons (Fsp3) is 0.333. The van der Waals surface area contributed by atoms with Gasteiger partial charge in [0.15, 0.2) is 0 Å². The molecular formula is C9H11N3O2. The van der Waals surface area contributed by atoms with E-state index in [1.165, 1.54) is 6.07 Å². The van der Waals surface area contributed by atoms with E-state index < -0.39 is 0 Å². The summed E-state index contributed by atoms with van der Waals surface area (Å²) in [4.78, 5) is 21.9. The van der Waals surface area contributed by atoms with E-state index in [2.05, 4.69) is 27.4 Å². The molecule has 1 heterocycles. The average molecular weight is 193 g/mol. The quantitative estimate of drug-likeness (QED) is 0.417. The van der Waals surface area contributed by atoms with Crippen molar-refractivity contribution in [3.05, 3.63) is 32.3 Å². The first-order valence-electron chi connectivity index (χ1n) is 4.19. The van der Waals surface area contributed by atoms with E-state index in [-0.39, 0.29) is 16.7 Å². The van der Waals surface area contributed by atoms with E-state index in [1.807, 2.05) is 7.05 Å². The summed E-state index contributed by atoms with van der Waals surface area (Å²) in [5.41, 5.74) is -0.533. The lowest BCUT2D eigenvalue weighted by molar-refractivity contribution is 0.818. The van der Waals surface area contributed by atoms with Crippen LogP contribution in [-0.2, 0) is 0 Å². The first kappa shape index (κ1) is 10.3. The summed E-state index contributed by atoms with van der Waals surface area (Å²) in [7, 11) is 1.82. The Kier molecular flexibility index (Phi) is 3.70. The zero-order valence-corrected chi connectivity index (χ0v) is 7.81. The molecule has 1 aromatic heterocycles. The normalized spacial score (nSPS) is 9.21. The SMILES string of the molecule is CNCCC#Cc1cc(=O)[nH][nH]c1=O. The van der Waals surface area contributed by atoms with Crippen LogP contribution in [0.25, 0.3) is 0 Å². The van der Waals surface area contributed by atoms with Gasteiger partial charge < -0.3 is 5.32 Å². The molecule has 1 rings (SSSR count). The maximum atomic E-state index is 11.1. The Morgan fingerprint density at radius 3 is 2.93 bits per heavy atom. The van der Waals surface area contributed by atoms with Crippen LogP contribution in [0.4, 0.5) is 0 Å². The van der Waals surface area contributed by atoms with Crippen molar-refractivity contribution in [3.63, 3.8) is 0 Å². The van der Waals surface area contributed by atoms with Crippen molar-refractivity contribution in [2.45, 2.75) is 6.42 Å². The molecule has 0 bridgehead atoms. The molecule has 0 amide bonds. The highest BCUT2D eigenvalue weighted by molar-refractivity contribution is 5.30. The van der Waals surface area contributed by atoms with Crippen LogP contribution in [-0.4, -0.2) is 23.8 Å². The third-order valence-electron chi connectivity index (χ3n) is 1.54. The standard InChI is InChI=1S/C9H11N3O2/c1-10-5-3-2-4-7-6-8(13)11-12-9(7)14/h6,10H,3,5H2,1H3,(H,11,13)(H,12,14). The molecule has 0 aliphatic heterocycles. The van der Waals surface area contributed by atoms with E-state index in [9.17, 15) is 9.59 Å². The molecule has 0 spiro atoms. The van der Waals surface area contributed by atoms with Gasteiger partial charge in [0.2, 0.25) is 0 Å². The van der Waals surface area contributed by atoms with Crippen LogP contribution in [0.1, 0.15) is 12.0 Å². The van der Waals surface area contributed by atoms with Crippen LogP contribution in [0.3, 0.4) is 0 Å². The summed E-state index contributed by atoms with van der Waals surface area (Å²) in [6.07, 6.45) is 0.642. The molecule has 0 radical (unpaired) electrons. The number of hydrogen-bond acceptors (Lipinski definition) is 3. The summed E-state index contributed by atoms with van der Waals surface area (Å²) < 4.78 is 0. The highest BCUT2D eigenvalue weighted by Crippen LogP contribution is 1.79. The monoisotopic (exact) mass is 193 g/mol. The molecule has 5 heteroatoms. The zero-order chi connectivity index (χ0) is 10.4. The van der Waals surface area contributed by atoms with Gasteiger partial charge >= 0.3 is 0 Å². The molecule has 0 atom stereocenters. The van der Waals surface area contributed by atoms with Crippen LogP contribution < -0.4 is 16.4 Å². The van der Waals surface area contributed by atoms with E-state index >= 15 is 0 Å². The second-order valence-electron chi connectivity index (χ2n) is 2.66. The minimum atomic E-state index is -0.374. The highest BCUT2D eigenvalue weighted by Gasteiger charge is 1.94. The van der Waals surface area contributed by atoms with Crippen molar-refractivity contribution in [1.82, 2.24) is 15.5 Å². The van der Waals surface area contributed by atoms with Crippen LogP contribution in [0, 0.1) is 11.8 Å². The van der Waals surface area contributed by atoms with Gasteiger partial charge in [-0.25, -0.2) is 0 Å². The van der Waals surface area contributed by atoms with Crippen molar-refractivity contribution in [2.24, 2.45) is 0 Å². The fourth-order valence-corrected chi connectivity index (χ4v) is 0.857. The molecule has 0 aromatic carbocycles. The number of aromatic amines is 2. The summed E-state index contributed by atoms with van der Waals surface area (Å²) in [5.74, 6) is 5.42. The van der Waals surface area contributed by atoms with E-state index in [4.69, 9.17) is 0 Å². The molecule has 5 nitrogen and oxygen atoms in total. The number of aromatic nitrogens is 2. The summed E-state index contributed by atoms with van der Waals surface area (Å²) >= 11 is 0. The van der Waals surface area contributed by atoms with Gasteiger partial charge in [-0.3, -0.25) is 19.8 Å². The summed E-state index contributed by atoms with van der Waals surface area (Å²) in [5, 5.41) is 7.29. The second kappa shape index (κ2) is 5.04. The number of hydrogen-bond donors (Lipinski definition) is 3. The van der Waals surface area contributed by atoms with Crippen molar-refractivity contribution < 1.29 is 0 Å². The largest absolute Gasteiger partial charge is 0.319 e. The molecule has 0 fully saturated rings. The topological polar surface area (TPSA) is 77.8 Å². The van der Waals surface area contributed by atoms with Gasteiger partial charge in [-0.1, -0.05) is 11.8 Å². The lowest BCUT2D eigenvalue weighted by atomic mass is 10.3. The minimum Gasteiger partial charge on any atom is -0.319 e. The summed E-state index contributed by atoms with van der Waals surface area (Å²) in [6, 6.07) is 1.19. The fourth-order valence-electron chi connectivity index (χ4n) is 0.857. The maximum absolute atomic E-state index is 11.1. The molecule has 3 N–H and O–H groups in total. The minimum absolute atomic E-state index is 0.199. The Hall–Kier alpha value is -1.80. The molecular weight excluding hydrogens is 182 g/mol. The van der Waals surface area contributed by atoms with Gasteiger partial charge in [-0.15, -0.1) is 0 Å². The third kappa shape index (κ3) is 2.92. The van der Waals surface area contributed by atoms with Crippen LogP contribution >= 0.6 is 0 Å². The van der Waals surface area contributed by atoms with Crippen LogP contribution in [0.2, 0.25) is 0 Å². The Bertz CT molecular complexity index is 461. The van der Waals surface area contributed by atoms with Crippen molar-refractivity contribution in [2.75, 3.05) is 13.6 Å². The summed E-state index contributed by atoms with van der Waals surface area (Å²) in [6.45, 7) is 0.758. The maximum Gasteiger partial charge on any atom is 0.278 e. The lowest BCUT2D eigenvalue weighted by Crippen LogP contribution is -2.20. The van der Waals surface area contributed by atoms with Gasteiger partial charge in [0.05, 0.1) is 5.56 Å². The van der Waals surface area contributed by atoms with E-state index in [0.29, 0.717) is 6.42 Å². The van der Waals surface area contributed by atoms with Crippen molar-refractivity contribution in [1.29, 1.82) is 0 Å². The predicted octanol–water partition coefficient (Wildman–Crippen LogP) is -0.976. The van der Waals surface area contributed by atoms with Gasteiger partial charge in [0.1, 0.15) is 0 Å². The molecule has 0 saturated carbocycles. The average Bonchev–Trinajstić information content (AvgIpc) is 2.18. The molecule has 0 saturated heterocycles. The van der Waals surface area contributed by atoms with Gasteiger partial charge in [-0.05, 0) is 7.05 Å². The van der Waals surface area contributed by atoms with Crippen molar-refractivity contribution in [3.8, 4) is 11.8 Å².